The highest BCUT2D eigenvalue weighted by Gasteiger charge is 2.28. The van der Waals surface area contributed by atoms with E-state index in [0.717, 1.165) is 18.4 Å². The maximum atomic E-state index is 14.0. The van der Waals surface area contributed by atoms with Crippen LogP contribution in [0, 0.1) is 11.7 Å². The molecule has 0 unspecified atom stereocenters. The van der Waals surface area contributed by atoms with Crippen LogP contribution in [0.25, 0.3) is 0 Å². The lowest BCUT2D eigenvalue weighted by atomic mass is 9.98. The Balaban J connectivity index is 1.64. The van der Waals surface area contributed by atoms with Crippen LogP contribution in [-0.4, -0.2) is 35.0 Å². The summed E-state index contributed by atoms with van der Waals surface area (Å²) in [4.78, 5) is 25.0. The smallest absolute Gasteiger partial charge is 0.335 e. The van der Waals surface area contributed by atoms with Crippen LogP contribution in [0.3, 0.4) is 0 Å². The van der Waals surface area contributed by atoms with Gasteiger partial charge in [-0.1, -0.05) is 29.8 Å². The molecule has 1 amide bonds. The summed E-state index contributed by atoms with van der Waals surface area (Å²) in [5.41, 5.74) is 1.28. The van der Waals surface area contributed by atoms with E-state index < -0.39 is 11.8 Å². The number of amides is 1. The third-order valence-electron chi connectivity index (χ3n) is 4.48. The highest BCUT2D eigenvalue weighted by molar-refractivity contribution is 6.31. The molecule has 0 aromatic heterocycles. The summed E-state index contributed by atoms with van der Waals surface area (Å²) in [6, 6.07) is 11.2. The lowest BCUT2D eigenvalue weighted by Gasteiger charge is -2.17. The van der Waals surface area contributed by atoms with Gasteiger partial charge in [-0.05, 0) is 48.6 Å². The van der Waals surface area contributed by atoms with Gasteiger partial charge in [0, 0.05) is 13.1 Å². The van der Waals surface area contributed by atoms with Crippen molar-refractivity contribution in [3.8, 4) is 0 Å². The molecule has 1 saturated heterocycles. The van der Waals surface area contributed by atoms with Crippen molar-refractivity contribution in [2.45, 2.75) is 12.8 Å². The van der Waals surface area contributed by atoms with Gasteiger partial charge in [0.15, 0.2) is 5.82 Å². The summed E-state index contributed by atoms with van der Waals surface area (Å²) in [5.74, 6) is -1.71. The molecule has 0 bridgehead atoms. The molecule has 1 aliphatic heterocycles. The fraction of sp³-hybridized carbons (Fsp3) is 0.263. The number of likely N-dealkylation sites (tertiary alicyclic amines) is 1. The number of hydrogen-bond acceptors (Lipinski definition) is 2. The number of halogens is 2. The zero-order chi connectivity index (χ0) is 18.0. The number of nitrogens with zero attached hydrogens (tertiary/aromatic N) is 1. The molecular formula is C19H17ClFNO3. The van der Waals surface area contributed by atoms with Gasteiger partial charge >= 0.3 is 5.97 Å². The molecule has 3 rings (SSSR count). The van der Waals surface area contributed by atoms with Gasteiger partial charge in [0.2, 0.25) is 0 Å². The van der Waals surface area contributed by atoms with Gasteiger partial charge in [-0.15, -0.1) is 0 Å². The fourth-order valence-electron chi connectivity index (χ4n) is 3.14. The molecule has 25 heavy (non-hydrogen) atoms. The van der Waals surface area contributed by atoms with Crippen LogP contribution in [0.1, 0.15) is 32.7 Å². The van der Waals surface area contributed by atoms with E-state index >= 15 is 0 Å². The first-order valence-electron chi connectivity index (χ1n) is 8.01. The number of benzene rings is 2. The van der Waals surface area contributed by atoms with Crippen molar-refractivity contribution in [3.05, 3.63) is 70.0 Å². The molecule has 130 valence electrons. The molecule has 0 saturated carbocycles. The largest absolute Gasteiger partial charge is 0.478 e. The van der Waals surface area contributed by atoms with Gasteiger partial charge in [0.1, 0.15) is 0 Å². The lowest BCUT2D eigenvalue weighted by molar-refractivity contribution is 0.0696. The molecule has 2 aromatic carbocycles. The standard InChI is InChI=1S/C19H17ClFNO3/c20-16-3-1-2-15(17(16)21)18(23)22-9-8-13(11-22)10-12-4-6-14(7-5-12)19(24)25/h1-7,13H,8-11H2,(H,24,25)/t13-/m1/s1. The number of carboxylic acids is 1. The Kier molecular flexibility index (Phi) is 5.04. The van der Waals surface area contributed by atoms with E-state index in [2.05, 4.69) is 0 Å². The summed E-state index contributed by atoms with van der Waals surface area (Å²) in [7, 11) is 0. The van der Waals surface area contributed by atoms with E-state index in [4.69, 9.17) is 16.7 Å². The number of rotatable bonds is 4. The monoisotopic (exact) mass is 361 g/mol. The SMILES string of the molecule is O=C(O)c1ccc(C[C@H]2CCN(C(=O)c3cccc(Cl)c3F)C2)cc1. The second-order valence-electron chi connectivity index (χ2n) is 6.21. The van der Waals surface area contributed by atoms with Crippen LogP contribution in [0.5, 0.6) is 0 Å². The summed E-state index contributed by atoms with van der Waals surface area (Å²) >= 11 is 5.75. The molecule has 1 aliphatic rings. The van der Waals surface area contributed by atoms with Crippen molar-refractivity contribution >= 4 is 23.5 Å². The lowest BCUT2D eigenvalue weighted by Crippen LogP contribution is -2.29. The molecule has 4 nitrogen and oxygen atoms in total. The number of aromatic carboxylic acids is 1. The van der Waals surface area contributed by atoms with Crippen molar-refractivity contribution in [1.29, 1.82) is 0 Å². The molecule has 2 aromatic rings. The Morgan fingerprint density at radius 1 is 1.20 bits per heavy atom. The molecule has 0 aliphatic carbocycles. The van der Waals surface area contributed by atoms with Crippen LogP contribution in [0.15, 0.2) is 42.5 Å². The predicted octanol–water partition coefficient (Wildman–Crippen LogP) is 3.88. The second-order valence-corrected chi connectivity index (χ2v) is 6.62. The molecule has 1 atom stereocenters. The topological polar surface area (TPSA) is 57.6 Å². The molecule has 1 N–H and O–H groups in total. The Hall–Kier alpha value is -2.40. The molecule has 0 spiro atoms. The normalized spacial score (nSPS) is 16.9. The van der Waals surface area contributed by atoms with Crippen LogP contribution in [0.4, 0.5) is 4.39 Å². The van der Waals surface area contributed by atoms with E-state index in [1.54, 1.807) is 35.2 Å². The average molecular weight is 362 g/mol. The molecule has 1 fully saturated rings. The predicted molar refractivity (Wildman–Crippen MR) is 92.5 cm³/mol. The van der Waals surface area contributed by atoms with E-state index in [-0.39, 0.29) is 28.0 Å². The molecule has 1 heterocycles. The van der Waals surface area contributed by atoms with Gasteiger partial charge in [-0.2, -0.15) is 0 Å². The zero-order valence-electron chi connectivity index (χ0n) is 13.4. The second kappa shape index (κ2) is 7.23. The Morgan fingerprint density at radius 2 is 1.92 bits per heavy atom. The quantitative estimate of drug-likeness (QED) is 0.899. The summed E-state index contributed by atoms with van der Waals surface area (Å²) in [6.07, 6.45) is 1.58. The van der Waals surface area contributed by atoms with Gasteiger partial charge in [0.05, 0.1) is 16.1 Å². The highest BCUT2D eigenvalue weighted by atomic mass is 35.5. The first kappa shape index (κ1) is 17.4. The van der Waals surface area contributed by atoms with E-state index in [0.29, 0.717) is 13.1 Å². The van der Waals surface area contributed by atoms with Crippen molar-refractivity contribution in [3.63, 3.8) is 0 Å². The number of carbonyl (C=O) groups is 2. The molecular weight excluding hydrogens is 345 g/mol. The van der Waals surface area contributed by atoms with Gasteiger partial charge in [0.25, 0.3) is 5.91 Å². The van der Waals surface area contributed by atoms with Crippen LogP contribution in [0.2, 0.25) is 5.02 Å². The maximum Gasteiger partial charge on any atom is 0.335 e. The first-order valence-corrected chi connectivity index (χ1v) is 8.39. The third kappa shape index (κ3) is 3.82. The van der Waals surface area contributed by atoms with E-state index in [1.165, 1.54) is 12.1 Å². The maximum absolute atomic E-state index is 14.0. The summed E-state index contributed by atoms with van der Waals surface area (Å²) in [5, 5.41) is 8.87. The molecule has 6 heteroatoms. The Morgan fingerprint density at radius 3 is 2.60 bits per heavy atom. The fourth-order valence-corrected chi connectivity index (χ4v) is 3.31. The van der Waals surface area contributed by atoms with E-state index in [1.807, 2.05) is 0 Å². The van der Waals surface area contributed by atoms with Gasteiger partial charge < -0.3 is 10.0 Å². The molecule has 0 radical (unpaired) electrons. The minimum absolute atomic E-state index is 0.000962. The first-order chi connectivity index (χ1) is 12.0. The number of carboxylic acid groups (broad SMARTS) is 1. The Labute approximate surface area is 149 Å². The van der Waals surface area contributed by atoms with Crippen molar-refractivity contribution in [2.75, 3.05) is 13.1 Å². The van der Waals surface area contributed by atoms with Crippen LogP contribution >= 0.6 is 11.6 Å². The minimum Gasteiger partial charge on any atom is -0.478 e. The van der Waals surface area contributed by atoms with Gasteiger partial charge in [-0.3, -0.25) is 4.79 Å². The Bertz CT molecular complexity index is 807. The average Bonchev–Trinajstić information content (AvgIpc) is 3.06. The summed E-state index contributed by atoms with van der Waals surface area (Å²) in [6.45, 7) is 1.12. The van der Waals surface area contributed by atoms with Gasteiger partial charge in [-0.25, -0.2) is 9.18 Å². The van der Waals surface area contributed by atoms with Crippen molar-refractivity contribution < 1.29 is 19.1 Å². The summed E-state index contributed by atoms with van der Waals surface area (Å²) < 4.78 is 14.0. The van der Waals surface area contributed by atoms with E-state index in [9.17, 15) is 14.0 Å². The number of hydrogen-bond donors (Lipinski definition) is 1. The minimum atomic E-state index is -0.951. The highest BCUT2D eigenvalue weighted by Crippen LogP contribution is 2.25. The zero-order valence-corrected chi connectivity index (χ0v) is 14.2. The van der Waals surface area contributed by atoms with Crippen molar-refractivity contribution in [2.24, 2.45) is 5.92 Å². The van der Waals surface area contributed by atoms with Crippen molar-refractivity contribution in [1.82, 2.24) is 4.90 Å². The van der Waals surface area contributed by atoms with Crippen LogP contribution < -0.4 is 0 Å². The number of carbonyl (C=O) groups excluding carboxylic acids is 1. The third-order valence-corrected chi connectivity index (χ3v) is 4.77. The van der Waals surface area contributed by atoms with Crippen LogP contribution in [-0.2, 0) is 6.42 Å².